The molecule has 0 spiro atoms. The van der Waals surface area contributed by atoms with Crippen LogP contribution in [0.25, 0.3) is 0 Å². The summed E-state index contributed by atoms with van der Waals surface area (Å²) < 4.78 is 10.4. The molecule has 15 heavy (non-hydrogen) atoms. The topological polar surface area (TPSA) is 18.5 Å². The number of rotatable bonds is 4. The number of hydrogen-bond acceptors (Lipinski definition) is 2. The van der Waals surface area contributed by atoms with E-state index < -0.39 is 0 Å². The number of ether oxygens (including phenoxy) is 2. The fourth-order valence-corrected chi connectivity index (χ4v) is 1.53. The van der Waals surface area contributed by atoms with Crippen molar-refractivity contribution in [1.29, 1.82) is 0 Å². The summed E-state index contributed by atoms with van der Waals surface area (Å²) in [5.41, 5.74) is 2.37. The summed E-state index contributed by atoms with van der Waals surface area (Å²) in [5, 5.41) is 0. The predicted octanol–water partition coefficient (Wildman–Crippen LogP) is 3.34. The van der Waals surface area contributed by atoms with E-state index in [0.717, 1.165) is 29.9 Å². The summed E-state index contributed by atoms with van der Waals surface area (Å²) in [6.07, 6.45) is 7.88. The first-order valence-corrected chi connectivity index (χ1v) is 5.03. The third-order valence-corrected chi connectivity index (χ3v) is 2.52. The van der Waals surface area contributed by atoms with Crippen molar-refractivity contribution in [2.45, 2.75) is 19.8 Å². The molecule has 82 valence electrons. The van der Waals surface area contributed by atoms with Crippen LogP contribution in [0, 0.1) is 0 Å². The molecule has 2 heteroatoms. The van der Waals surface area contributed by atoms with Gasteiger partial charge in [0.25, 0.3) is 0 Å². The van der Waals surface area contributed by atoms with Gasteiger partial charge in [-0.25, -0.2) is 0 Å². The molecule has 0 aromatic heterocycles. The lowest BCUT2D eigenvalue weighted by atomic mass is 9.96. The van der Waals surface area contributed by atoms with Crippen LogP contribution in [0.3, 0.4) is 0 Å². The third-order valence-electron chi connectivity index (χ3n) is 2.52. The van der Waals surface area contributed by atoms with E-state index in [9.17, 15) is 0 Å². The van der Waals surface area contributed by atoms with E-state index in [1.165, 1.54) is 5.57 Å². The molecular weight excluding hydrogens is 188 g/mol. The minimum absolute atomic E-state index is 0.887. The molecule has 0 aliphatic heterocycles. The summed E-state index contributed by atoms with van der Waals surface area (Å²) in [6, 6.07) is 0. The zero-order chi connectivity index (χ0) is 11.3. The molecule has 1 aliphatic rings. The van der Waals surface area contributed by atoms with E-state index in [-0.39, 0.29) is 0 Å². The Morgan fingerprint density at radius 1 is 1.40 bits per heavy atom. The van der Waals surface area contributed by atoms with Crippen LogP contribution in [0.1, 0.15) is 19.8 Å². The summed E-state index contributed by atoms with van der Waals surface area (Å²) in [6.45, 7) is 5.75. The molecule has 0 saturated heterocycles. The zero-order valence-corrected chi connectivity index (χ0v) is 9.67. The van der Waals surface area contributed by atoms with Gasteiger partial charge in [-0.05, 0) is 36.6 Å². The normalized spacial score (nSPS) is 17.3. The van der Waals surface area contributed by atoms with Crippen LogP contribution in [0.15, 0.2) is 47.5 Å². The van der Waals surface area contributed by atoms with Crippen molar-refractivity contribution in [3.8, 4) is 0 Å². The molecule has 1 rings (SSSR count). The molecule has 2 nitrogen and oxygen atoms in total. The minimum atomic E-state index is 0.887. The maximum atomic E-state index is 5.25. The maximum Gasteiger partial charge on any atom is 0.0964 e. The van der Waals surface area contributed by atoms with E-state index in [2.05, 4.69) is 6.58 Å². The molecule has 0 aromatic rings. The number of methoxy groups -OCH3 is 2. The largest absolute Gasteiger partial charge is 0.501 e. The molecule has 0 amide bonds. The van der Waals surface area contributed by atoms with Crippen LogP contribution >= 0.6 is 0 Å². The van der Waals surface area contributed by atoms with E-state index in [1.807, 2.05) is 25.2 Å². The highest BCUT2D eigenvalue weighted by atomic mass is 16.5. The predicted molar refractivity (Wildman–Crippen MR) is 62.3 cm³/mol. The zero-order valence-electron chi connectivity index (χ0n) is 9.67. The lowest BCUT2D eigenvalue weighted by molar-refractivity contribution is 0.275. The van der Waals surface area contributed by atoms with Gasteiger partial charge in [-0.1, -0.05) is 12.7 Å². The molecule has 0 fully saturated rings. The second-order valence-electron chi connectivity index (χ2n) is 3.46. The van der Waals surface area contributed by atoms with E-state index in [4.69, 9.17) is 9.47 Å². The first-order chi connectivity index (χ1) is 7.21. The van der Waals surface area contributed by atoms with E-state index >= 15 is 0 Å². The minimum Gasteiger partial charge on any atom is -0.501 e. The fraction of sp³-hybridized carbons (Fsp3) is 0.385. The highest BCUT2D eigenvalue weighted by Crippen LogP contribution is 2.26. The van der Waals surface area contributed by atoms with Crippen molar-refractivity contribution in [1.82, 2.24) is 0 Å². The van der Waals surface area contributed by atoms with Crippen molar-refractivity contribution in [2.75, 3.05) is 14.2 Å². The SMILES string of the molecule is C=CC1=C(/C=C(\C)OC)C=C(OC)CC1. The second kappa shape index (κ2) is 5.44. The van der Waals surface area contributed by atoms with E-state index in [1.54, 1.807) is 14.2 Å². The van der Waals surface area contributed by atoms with Crippen molar-refractivity contribution < 1.29 is 9.47 Å². The Hall–Kier alpha value is -1.44. The Labute approximate surface area is 91.6 Å². The number of allylic oxidation sites excluding steroid dienone is 7. The second-order valence-corrected chi connectivity index (χ2v) is 3.46. The molecule has 0 atom stereocenters. The van der Waals surface area contributed by atoms with Gasteiger partial charge in [-0.3, -0.25) is 0 Å². The Bertz CT molecular complexity index is 328. The fourth-order valence-electron chi connectivity index (χ4n) is 1.53. The van der Waals surface area contributed by atoms with Gasteiger partial charge in [-0.2, -0.15) is 0 Å². The maximum absolute atomic E-state index is 5.25. The van der Waals surface area contributed by atoms with Crippen molar-refractivity contribution in [3.05, 3.63) is 47.5 Å². The molecule has 0 radical (unpaired) electrons. The highest BCUT2D eigenvalue weighted by Gasteiger charge is 2.10. The van der Waals surface area contributed by atoms with Gasteiger partial charge in [0.15, 0.2) is 0 Å². The van der Waals surface area contributed by atoms with Gasteiger partial charge in [0.2, 0.25) is 0 Å². The lowest BCUT2D eigenvalue weighted by Crippen LogP contribution is -1.99. The van der Waals surface area contributed by atoms with Crippen LogP contribution in [-0.2, 0) is 9.47 Å². The average molecular weight is 206 g/mol. The molecule has 0 unspecified atom stereocenters. The monoisotopic (exact) mass is 206 g/mol. The summed E-state index contributed by atoms with van der Waals surface area (Å²) in [4.78, 5) is 0. The smallest absolute Gasteiger partial charge is 0.0964 e. The Kier molecular flexibility index (Phi) is 4.22. The first-order valence-electron chi connectivity index (χ1n) is 5.03. The van der Waals surface area contributed by atoms with Gasteiger partial charge < -0.3 is 9.47 Å². The average Bonchev–Trinajstić information content (AvgIpc) is 2.28. The molecule has 0 bridgehead atoms. The van der Waals surface area contributed by atoms with Crippen LogP contribution in [-0.4, -0.2) is 14.2 Å². The standard InChI is InChI=1S/C13H18O2/c1-5-11-6-7-13(15-4)9-12(11)8-10(2)14-3/h5,8-9H,1,6-7H2,2-4H3/b10-8+. The van der Waals surface area contributed by atoms with Gasteiger partial charge in [0.1, 0.15) is 0 Å². The van der Waals surface area contributed by atoms with Gasteiger partial charge in [0, 0.05) is 6.42 Å². The Balaban J connectivity index is 3.02. The molecule has 0 aromatic carbocycles. The summed E-state index contributed by atoms with van der Waals surface area (Å²) >= 11 is 0. The van der Waals surface area contributed by atoms with Crippen molar-refractivity contribution >= 4 is 0 Å². The third kappa shape index (κ3) is 3.01. The van der Waals surface area contributed by atoms with Crippen LogP contribution < -0.4 is 0 Å². The molecule has 0 saturated carbocycles. The Morgan fingerprint density at radius 2 is 2.13 bits per heavy atom. The quantitative estimate of drug-likeness (QED) is 0.657. The van der Waals surface area contributed by atoms with Crippen LogP contribution in [0.4, 0.5) is 0 Å². The summed E-state index contributed by atoms with van der Waals surface area (Å²) in [5.74, 6) is 1.90. The summed E-state index contributed by atoms with van der Waals surface area (Å²) in [7, 11) is 3.37. The molecule has 0 N–H and O–H groups in total. The Morgan fingerprint density at radius 3 is 2.67 bits per heavy atom. The highest BCUT2D eigenvalue weighted by molar-refractivity contribution is 5.44. The van der Waals surface area contributed by atoms with Crippen LogP contribution in [0.2, 0.25) is 0 Å². The lowest BCUT2D eigenvalue weighted by Gasteiger charge is -2.15. The van der Waals surface area contributed by atoms with Crippen LogP contribution in [0.5, 0.6) is 0 Å². The molecule has 0 heterocycles. The van der Waals surface area contributed by atoms with E-state index in [0.29, 0.717) is 0 Å². The van der Waals surface area contributed by atoms with Gasteiger partial charge >= 0.3 is 0 Å². The van der Waals surface area contributed by atoms with Gasteiger partial charge in [-0.15, -0.1) is 0 Å². The molecular formula is C13H18O2. The van der Waals surface area contributed by atoms with Crippen molar-refractivity contribution in [3.63, 3.8) is 0 Å². The number of hydrogen-bond donors (Lipinski definition) is 0. The molecule has 1 aliphatic carbocycles. The first kappa shape index (κ1) is 11.6. The van der Waals surface area contributed by atoms with Crippen molar-refractivity contribution in [2.24, 2.45) is 0 Å². The van der Waals surface area contributed by atoms with Gasteiger partial charge in [0.05, 0.1) is 25.7 Å².